The molecule has 0 spiro atoms. The maximum absolute atomic E-state index is 5.47. The second-order valence-corrected chi connectivity index (χ2v) is 7.52. The molecule has 1 aliphatic heterocycles. The highest BCUT2D eigenvalue weighted by Gasteiger charge is 2.17. The molecule has 2 heterocycles. The zero-order chi connectivity index (χ0) is 12.5. The van der Waals surface area contributed by atoms with E-state index in [1.807, 2.05) is 0 Å². The molecule has 1 aromatic heterocycles. The molecule has 1 N–H and O–H groups in total. The summed E-state index contributed by atoms with van der Waals surface area (Å²) in [7, 11) is 0. The lowest BCUT2D eigenvalue weighted by Crippen LogP contribution is -2.20. The molecule has 0 amide bonds. The van der Waals surface area contributed by atoms with Gasteiger partial charge in [0, 0.05) is 29.1 Å². The van der Waals surface area contributed by atoms with E-state index in [4.69, 9.17) is 12.2 Å². The Bertz CT molecular complexity index is 608. The first-order valence-corrected chi connectivity index (χ1v) is 8.74. The van der Waals surface area contributed by atoms with Crippen molar-refractivity contribution in [1.82, 2.24) is 9.55 Å². The summed E-state index contributed by atoms with van der Waals surface area (Å²) in [5.74, 6) is 3.80. The number of nitrogens with one attached hydrogen (secondary N) is 1. The highest BCUT2D eigenvalue weighted by Crippen LogP contribution is 2.27. The fraction of sp³-hybridized carbons (Fsp3) is 0.462. The smallest absolute Gasteiger partial charge is 0.178 e. The largest absolute Gasteiger partial charge is 0.331 e. The number of aromatic nitrogens is 2. The first kappa shape index (κ1) is 12.6. The Balaban J connectivity index is 2.00. The minimum atomic E-state index is 0.689. The third-order valence-electron chi connectivity index (χ3n) is 3.27. The minimum absolute atomic E-state index is 0.689. The van der Waals surface area contributed by atoms with Crippen LogP contribution < -0.4 is 0 Å². The summed E-state index contributed by atoms with van der Waals surface area (Å²) in [5.41, 5.74) is 3.74. The van der Waals surface area contributed by atoms with Crippen LogP contribution in [0.2, 0.25) is 0 Å². The van der Waals surface area contributed by atoms with Crippen molar-refractivity contribution in [2.75, 3.05) is 17.3 Å². The Kier molecular flexibility index (Phi) is 3.73. The van der Waals surface area contributed by atoms with E-state index in [0.717, 1.165) is 16.8 Å². The summed E-state index contributed by atoms with van der Waals surface area (Å²) < 4.78 is 3.14. The van der Waals surface area contributed by atoms with Crippen LogP contribution >= 0.6 is 35.7 Å². The lowest BCUT2D eigenvalue weighted by atomic mass is 10.2. The van der Waals surface area contributed by atoms with E-state index in [1.165, 1.54) is 28.3 Å². The first-order valence-electron chi connectivity index (χ1n) is 6.13. The molecule has 5 heteroatoms. The Hall–Kier alpha value is -0.390. The highest BCUT2D eigenvalue weighted by atomic mass is 32.2. The SMILES string of the molecule is Cc1cccc2[nH]c(=S)n(CC3CSCCS3)c12. The molecule has 1 unspecified atom stereocenters. The van der Waals surface area contributed by atoms with Crippen molar-refractivity contribution >= 4 is 46.8 Å². The molecular weight excluding hydrogens is 280 g/mol. The van der Waals surface area contributed by atoms with Gasteiger partial charge in [-0.25, -0.2) is 0 Å². The second kappa shape index (κ2) is 5.31. The normalized spacial score (nSPS) is 20.4. The number of hydrogen-bond acceptors (Lipinski definition) is 3. The van der Waals surface area contributed by atoms with E-state index < -0.39 is 0 Å². The molecule has 96 valence electrons. The van der Waals surface area contributed by atoms with Crippen molar-refractivity contribution in [3.8, 4) is 0 Å². The first-order chi connectivity index (χ1) is 8.75. The molecule has 0 bridgehead atoms. The van der Waals surface area contributed by atoms with Crippen molar-refractivity contribution in [3.05, 3.63) is 28.5 Å². The number of aryl methyl sites for hydroxylation is 1. The summed E-state index contributed by atoms with van der Waals surface area (Å²) in [5, 5.41) is 0.689. The zero-order valence-corrected chi connectivity index (χ0v) is 12.8. The van der Waals surface area contributed by atoms with Crippen LogP contribution in [0.15, 0.2) is 18.2 Å². The van der Waals surface area contributed by atoms with Crippen molar-refractivity contribution in [3.63, 3.8) is 0 Å². The molecule has 1 saturated heterocycles. The number of imidazole rings is 1. The zero-order valence-electron chi connectivity index (χ0n) is 10.3. The van der Waals surface area contributed by atoms with Crippen LogP contribution in [0, 0.1) is 11.7 Å². The highest BCUT2D eigenvalue weighted by molar-refractivity contribution is 8.06. The Morgan fingerprint density at radius 3 is 3.11 bits per heavy atom. The summed E-state index contributed by atoms with van der Waals surface area (Å²) in [6.07, 6.45) is 0. The molecular formula is C13H16N2S3. The molecule has 1 fully saturated rings. The van der Waals surface area contributed by atoms with Crippen LogP contribution in [-0.2, 0) is 6.54 Å². The summed E-state index contributed by atoms with van der Waals surface area (Å²) in [6.45, 7) is 3.19. The molecule has 1 aromatic carbocycles. The van der Waals surface area contributed by atoms with Gasteiger partial charge >= 0.3 is 0 Å². The standard InChI is InChI=1S/C13H16N2S3/c1-9-3-2-4-11-12(9)15(13(16)14-11)7-10-8-17-5-6-18-10/h2-4,10H,5-8H2,1H3,(H,14,16). The van der Waals surface area contributed by atoms with E-state index >= 15 is 0 Å². The Morgan fingerprint density at radius 2 is 2.33 bits per heavy atom. The van der Waals surface area contributed by atoms with Crippen LogP contribution in [-0.4, -0.2) is 32.1 Å². The van der Waals surface area contributed by atoms with Crippen LogP contribution in [0.5, 0.6) is 0 Å². The van der Waals surface area contributed by atoms with Crippen LogP contribution in [0.1, 0.15) is 5.56 Å². The van der Waals surface area contributed by atoms with Gasteiger partial charge in [-0.1, -0.05) is 12.1 Å². The van der Waals surface area contributed by atoms with Gasteiger partial charge in [0.15, 0.2) is 4.77 Å². The Morgan fingerprint density at radius 1 is 1.44 bits per heavy atom. The number of hydrogen-bond donors (Lipinski definition) is 1. The van der Waals surface area contributed by atoms with E-state index in [0.29, 0.717) is 5.25 Å². The van der Waals surface area contributed by atoms with Gasteiger partial charge in [0.25, 0.3) is 0 Å². The molecule has 0 saturated carbocycles. The fourth-order valence-electron chi connectivity index (χ4n) is 2.42. The third-order valence-corrected chi connectivity index (χ3v) is 6.42. The van der Waals surface area contributed by atoms with E-state index in [-0.39, 0.29) is 0 Å². The molecule has 1 aliphatic rings. The van der Waals surface area contributed by atoms with E-state index in [1.54, 1.807) is 0 Å². The van der Waals surface area contributed by atoms with Gasteiger partial charge in [-0.05, 0) is 30.8 Å². The van der Waals surface area contributed by atoms with Crippen LogP contribution in [0.3, 0.4) is 0 Å². The van der Waals surface area contributed by atoms with Gasteiger partial charge in [-0.3, -0.25) is 0 Å². The van der Waals surface area contributed by atoms with Crippen molar-refractivity contribution in [2.45, 2.75) is 18.7 Å². The molecule has 2 nitrogen and oxygen atoms in total. The fourth-order valence-corrected chi connectivity index (χ4v) is 5.35. The second-order valence-electron chi connectivity index (χ2n) is 4.58. The summed E-state index contributed by atoms with van der Waals surface area (Å²) in [4.78, 5) is 3.32. The van der Waals surface area contributed by atoms with Gasteiger partial charge in [0.05, 0.1) is 11.0 Å². The van der Waals surface area contributed by atoms with Gasteiger partial charge in [0.1, 0.15) is 0 Å². The molecule has 0 aliphatic carbocycles. The van der Waals surface area contributed by atoms with Gasteiger partial charge < -0.3 is 9.55 Å². The average Bonchev–Trinajstić information content (AvgIpc) is 2.69. The van der Waals surface area contributed by atoms with Crippen molar-refractivity contribution in [2.24, 2.45) is 0 Å². The number of benzene rings is 1. The maximum Gasteiger partial charge on any atom is 0.178 e. The number of H-pyrrole nitrogens is 1. The minimum Gasteiger partial charge on any atom is -0.331 e. The van der Waals surface area contributed by atoms with E-state index in [9.17, 15) is 0 Å². The van der Waals surface area contributed by atoms with Gasteiger partial charge in [-0.15, -0.1) is 0 Å². The predicted octanol–water partition coefficient (Wildman–Crippen LogP) is 3.86. The van der Waals surface area contributed by atoms with Gasteiger partial charge in [0.2, 0.25) is 0 Å². The maximum atomic E-state index is 5.47. The molecule has 0 radical (unpaired) electrons. The van der Waals surface area contributed by atoms with Crippen molar-refractivity contribution < 1.29 is 0 Å². The topological polar surface area (TPSA) is 20.7 Å². The van der Waals surface area contributed by atoms with Crippen LogP contribution in [0.25, 0.3) is 11.0 Å². The van der Waals surface area contributed by atoms with Crippen LogP contribution in [0.4, 0.5) is 0 Å². The molecule has 2 aromatic rings. The number of rotatable bonds is 2. The monoisotopic (exact) mass is 296 g/mol. The lowest BCUT2D eigenvalue weighted by Gasteiger charge is -2.21. The lowest BCUT2D eigenvalue weighted by molar-refractivity contribution is 0.704. The quantitative estimate of drug-likeness (QED) is 0.850. The average molecular weight is 296 g/mol. The van der Waals surface area contributed by atoms with Gasteiger partial charge in [-0.2, -0.15) is 23.5 Å². The molecule has 3 rings (SSSR count). The van der Waals surface area contributed by atoms with Crippen molar-refractivity contribution in [1.29, 1.82) is 0 Å². The number of fused-ring (bicyclic) bond motifs is 1. The third kappa shape index (κ3) is 2.36. The number of para-hydroxylation sites is 1. The van der Waals surface area contributed by atoms with E-state index in [2.05, 4.69) is 58.2 Å². The molecule has 18 heavy (non-hydrogen) atoms. The number of aromatic amines is 1. The molecule has 1 atom stereocenters. The summed E-state index contributed by atoms with van der Waals surface area (Å²) in [6, 6.07) is 6.35. The predicted molar refractivity (Wildman–Crippen MR) is 85.4 cm³/mol. The number of nitrogens with zero attached hydrogens (tertiary/aromatic N) is 1. The number of thioether (sulfide) groups is 2. The summed E-state index contributed by atoms with van der Waals surface area (Å²) >= 11 is 9.62. The Labute approximate surface area is 121 Å².